The van der Waals surface area contributed by atoms with E-state index in [4.69, 9.17) is 24.2 Å². The minimum atomic E-state index is -0.135. The summed E-state index contributed by atoms with van der Waals surface area (Å²) in [6.07, 6.45) is 3.55. The smallest absolute Gasteiger partial charge is 0.306 e. The molecule has 2 aromatic carbocycles. The Morgan fingerprint density at radius 1 is 1.13 bits per heavy atom. The number of aryl methyl sites for hydroxylation is 1. The van der Waals surface area contributed by atoms with Gasteiger partial charge in [-0.1, -0.05) is 13.0 Å². The Balaban J connectivity index is 1.45. The highest BCUT2D eigenvalue weighted by atomic mass is 16.5. The SMILES string of the molecule is CCCC(=O)O[C@H]1CCc2cc(OCCCOc3ccc(C#N)cc3OC)ccc21. The highest BCUT2D eigenvalue weighted by Crippen LogP contribution is 2.36. The zero-order valence-corrected chi connectivity index (χ0v) is 17.5. The maximum Gasteiger partial charge on any atom is 0.306 e. The van der Waals surface area contributed by atoms with Crippen LogP contribution < -0.4 is 14.2 Å². The molecule has 3 rings (SSSR count). The van der Waals surface area contributed by atoms with Crippen molar-refractivity contribution in [1.29, 1.82) is 5.26 Å². The van der Waals surface area contributed by atoms with Gasteiger partial charge in [0.05, 0.1) is 32.0 Å². The summed E-state index contributed by atoms with van der Waals surface area (Å²) in [5.74, 6) is 1.83. The van der Waals surface area contributed by atoms with E-state index in [1.807, 2.05) is 25.1 Å². The third-order valence-corrected chi connectivity index (χ3v) is 4.97. The monoisotopic (exact) mass is 409 g/mol. The molecule has 2 aromatic rings. The fraction of sp³-hybridized carbons (Fsp3) is 0.417. The number of esters is 1. The second-order valence-electron chi connectivity index (χ2n) is 7.16. The summed E-state index contributed by atoms with van der Waals surface area (Å²) < 4.78 is 22.4. The second kappa shape index (κ2) is 10.5. The van der Waals surface area contributed by atoms with Gasteiger partial charge in [0.15, 0.2) is 11.5 Å². The summed E-state index contributed by atoms with van der Waals surface area (Å²) in [7, 11) is 1.55. The van der Waals surface area contributed by atoms with Crippen molar-refractivity contribution in [3.05, 3.63) is 53.1 Å². The minimum Gasteiger partial charge on any atom is -0.493 e. The average Bonchev–Trinajstić information content (AvgIpc) is 3.15. The molecule has 0 saturated carbocycles. The number of hydrogen-bond donors (Lipinski definition) is 0. The molecule has 0 bridgehead atoms. The topological polar surface area (TPSA) is 77.8 Å². The van der Waals surface area contributed by atoms with E-state index in [9.17, 15) is 4.79 Å². The number of methoxy groups -OCH3 is 1. The quantitative estimate of drug-likeness (QED) is 0.416. The van der Waals surface area contributed by atoms with Gasteiger partial charge < -0.3 is 18.9 Å². The summed E-state index contributed by atoms with van der Waals surface area (Å²) in [4.78, 5) is 11.8. The van der Waals surface area contributed by atoms with Gasteiger partial charge in [-0.05, 0) is 54.7 Å². The lowest BCUT2D eigenvalue weighted by molar-refractivity contribution is -0.149. The standard InChI is InChI=1S/C24H27NO5/c1-3-5-24(26)30-21-11-7-18-15-19(8-9-20(18)21)28-12-4-13-29-22-10-6-17(16-25)14-23(22)27-2/h6,8-10,14-15,21H,3-5,7,11-13H2,1-2H3/t21-/m0/s1. The zero-order valence-electron chi connectivity index (χ0n) is 17.5. The molecule has 0 saturated heterocycles. The van der Waals surface area contributed by atoms with E-state index in [0.717, 1.165) is 30.6 Å². The number of benzene rings is 2. The summed E-state index contributed by atoms with van der Waals surface area (Å²) >= 11 is 0. The number of nitriles is 1. The van der Waals surface area contributed by atoms with Crippen molar-refractivity contribution >= 4 is 5.97 Å². The lowest BCUT2D eigenvalue weighted by Crippen LogP contribution is -2.08. The van der Waals surface area contributed by atoms with Crippen molar-refractivity contribution in [2.24, 2.45) is 0 Å². The summed E-state index contributed by atoms with van der Waals surface area (Å²) in [6.45, 7) is 2.97. The maximum absolute atomic E-state index is 11.8. The molecule has 1 aliphatic rings. The summed E-state index contributed by atoms with van der Waals surface area (Å²) in [5.41, 5.74) is 2.80. The van der Waals surface area contributed by atoms with Crippen molar-refractivity contribution < 1.29 is 23.7 Å². The van der Waals surface area contributed by atoms with Crippen molar-refractivity contribution in [3.63, 3.8) is 0 Å². The Bertz CT molecular complexity index is 918. The van der Waals surface area contributed by atoms with E-state index >= 15 is 0 Å². The van der Waals surface area contributed by atoms with Crippen LogP contribution in [0.5, 0.6) is 17.2 Å². The van der Waals surface area contributed by atoms with Crippen molar-refractivity contribution in [2.45, 2.75) is 45.1 Å². The van der Waals surface area contributed by atoms with E-state index < -0.39 is 0 Å². The third-order valence-electron chi connectivity index (χ3n) is 4.97. The Morgan fingerprint density at radius 2 is 1.97 bits per heavy atom. The van der Waals surface area contributed by atoms with E-state index in [2.05, 4.69) is 6.07 Å². The summed E-state index contributed by atoms with van der Waals surface area (Å²) in [5, 5.41) is 8.95. The van der Waals surface area contributed by atoms with Gasteiger partial charge in [0, 0.05) is 18.9 Å². The third kappa shape index (κ3) is 5.44. The first kappa shape index (κ1) is 21.5. The molecule has 1 atom stereocenters. The number of nitrogens with zero attached hydrogens (tertiary/aromatic N) is 1. The molecule has 158 valence electrons. The predicted octanol–water partition coefficient (Wildman–Crippen LogP) is 4.75. The predicted molar refractivity (Wildman–Crippen MR) is 112 cm³/mol. The van der Waals surface area contributed by atoms with Crippen LogP contribution in [-0.4, -0.2) is 26.3 Å². The van der Waals surface area contributed by atoms with Crippen LogP contribution in [0.1, 0.15) is 55.4 Å². The molecule has 0 unspecified atom stereocenters. The van der Waals surface area contributed by atoms with Gasteiger partial charge in [0.1, 0.15) is 11.9 Å². The van der Waals surface area contributed by atoms with Crippen LogP contribution in [0.25, 0.3) is 0 Å². The zero-order chi connectivity index (χ0) is 21.3. The first-order chi connectivity index (χ1) is 14.6. The van der Waals surface area contributed by atoms with Gasteiger partial charge in [-0.2, -0.15) is 5.26 Å². The van der Waals surface area contributed by atoms with Gasteiger partial charge >= 0.3 is 5.97 Å². The van der Waals surface area contributed by atoms with Crippen molar-refractivity contribution in [3.8, 4) is 23.3 Å². The molecular formula is C24H27NO5. The molecule has 6 nitrogen and oxygen atoms in total. The van der Waals surface area contributed by atoms with Crippen LogP contribution in [0, 0.1) is 11.3 Å². The fourth-order valence-electron chi connectivity index (χ4n) is 3.48. The Kier molecular flexibility index (Phi) is 7.56. The summed E-state index contributed by atoms with van der Waals surface area (Å²) in [6, 6.07) is 13.1. The number of carbonyl (C=O) groups excluding carboxylic acids is 1. The molecule has 0 amide bonds. The largest absolute Gasteiger partial charge is 0.493 e. The number of fused-ring (bicyclic) bond motifs is 1. The van der Waals surface area contributed by atoms with E-state index in [0.29, 0.717) is 43.1 Å². The lowest BCUT2D eigenvalue weighted by Gasteiger charge is -2.14. The van der Waals surface area contributed by atoms with Gasteiger partial charge in [0.2, 0.25) is 0 Å². The van der Waals surface area contributed by atoms with E-state index in [1.165, 1.54) is 5.56 Å². The highest BCUT2D eigenvalue weighted by Gasteiger charge is 2.25. The number of hydrogen-bond acceptors (Lipinski definition) is 6. The Labute approximate surface area is 177 Å². The lowest BCUT2D eigenvalue weighted by atomic mass is 10.1. The van der Waals surface area contributed by atoms with Crippen LogP contribution in [0.3, 0.4) is 0 Å². The van der Waals surface area contributed by atoms with E-state index in [-0.39, 0.29) is 12.1 Å². The van der Waals surface area contributed by atoms with Crippen LogP contribution in [0.2, 0.25) is 0 Å². The molecule has 0 aliphatic heterocycles. The Hall–Kier alpha value is -3.20. The molecular weight excluding hydrogens is 382 g/mol. The molecule has 0 radical (unpaired) electrons. The molecule has 0 heterocycles. The van der Waals surface area contributed by atoms with E-state index in [1.54, 1.807) is 25.3 Å². The first-order valence-electron chi connectivity index (χ1n) is 10.3. The molecule has 0 spiro atoms. The van der Waals surface area contributed by atoms with Crippen LogP contribution in [0.4, 0.5) is 0 Å². The van der Waals surface area contributed by atoms with Gasteiger partial charge in [-0.25, -0.2) is 0 Å². The van der Waals surface area contributed by atoms with Gasteiger partial charge in [-0.15, -0.1) is 0 Å². The van der Waals surface area contributed by atoms with Crippen LogP contribution in [-0.2, 0) is 16.0 Å². The minimum absolute atomic E-state index is 0.130. The molecule has 0 fully saturated rings. The normalized spacial score (nSPS) is 14.5. The number of rotatable bonds is 10. The molecule has 30 heavy (non-hydrogen) atoms. The number of carbonyl (C=O) groups is 1. The molecule has 0 aromatic heterocycles. The van der Waals surface area contributed by atoms with Crippen molar-refractivity contribution in [1.82, 2.24) is 0 Å². The first-order valence-corrected chi connectivity index (χ1v) is 10.3. The average molecular weight is 409 g/mol. The number of ether oxygens (including phenoxy) is 4. The fourth-order valence-corrected chi connectivity index (χ4v) is 3.48. The second-order valence-corrected chi connectivity index (χ2v) is 7.16. The van der Waals surface area contributed by atoms with Gasteiger partial charge in [0.25, 0.3) is 0 Å². The van der Waals surface area contributed by atoms with Crippen LogP contribution in [0.15, 0.2) is 36.4 Å². The molecule has 0 N–H and O–H groups in total. The van der Waals surface area contributed by atoms with Gasteiger partial charge in [-0.3, -0.25) is 4.79 Å². The van der Waals surface area contributed by atoms with Crippen molar-refractivity contribution in [2.75, 3.05) is 20.3 Å². The Morgan fingerprint density at radius 3 is 2.73 bits per heavy atom. The highest BCUT2D eigenvalue weighted by molar-refractivity contribution is 5.69. The molecule has 6 heteroatoms. The maximum atomic E-state index is 11.8. The van der Waals surface area contributed by atoms with Crippen LogP contribution >= 0.6 is 0 Å². The molecule has 1 aliphatic carbocycles.